The lowest BCUT2D eigenvalue weighted by Gasteiger charge is -2.23. The Bertz CT molecular complexity index is 416. The fraction of sp³-hybridized carbons (Fsp3) is 0.562. The first kappa shape index (κ1) is 15.0. The molecular formula is C16H24N2O2. The molecule has 1 aromatic rings. The SMILES string of the molecule is CC(NC(CO)c1ccccc1)C(=O)NC1CCCC1. The standard InChI is InChI=1S/C16H24N2O2/c1-12(16(20)18-14-9-5-6-10-14)17-15(11-19)13-7-3-2-4-8-13/h2-4,7-8,12,14-15,17,19H,5-6,9-11H2,1H3,(H,18,20). The summed E-state index contributed by atoms with van der Waals surface area (Å²) in [4.78, 5) is 12.1. The highest BCUT2D eigenvalue weighted by Crippen LogP contribution is 2.18. The van der Waals surface area contributed by atoms with Gasteiger partial charge in [0.05, 0.1) is 18.7 Å². The average Bonchev–Trinajstić information content (AvgIpc) is 2.98. The molecule has 0 aliphatic heterocycles. The van der Waals surface area contributed by atoms with Gasteiger partial charge < -0.3 is 10.4 Å². The molecule has 2 rings (SSSR count). The molecule has 1 saturated carbocycles. The van der Waals surface area contributed by atoms with Crippen molar-refractivity contribution in [3.63, 3.8) is 0 Å². The summed E-state index contributed by atoms with van der Waals surface area (Å²) in [6.07, 6.45) is 4.58. The molecule has 2 unspecified atom stereocenters. The predicted molar refractivity (Wildman–Crippen MR) is 79.3 cm³/mol. The third-order valence-electron chi connectivity index (χ3n) is 3.93. The quantitative estimate of drug-likeness (QED) is 0.742. The highest BCUT2D eigenvalue weighted by Gasteiger charge is 2.22. The lowest BCUT2D eigenvalue weighted by atomic mass is 10.1. The van der Waals surface area contributed by atoms with E-state index in [9.17, 15) is 9.90 Å². The second kappa shape index (κ2) is 7.41. The van der Waals surface area contributed by atoms with Crippen LogP contribution >= 0.6 is 0 Å². The van der Waals surface area contributed by atoms with Gasteiger partial charge in [0.15, 0.2) is 0 Å². The van der Waals surface area contributed by atoms with Crippen LogP contribution in [0, 0.1) is 0 Å². The summed E-state index contributed by atoms with van der Waals surface area (Å²) < 4.78 is 0. The van der Waals surface area contributed by atoms with Crippen molar-refractivity contribution in [3.05, 3.63) is 35.9 Å². The highest BCUT2D eigenvalue weighted by molar-refractivity contribution is 5.81. The molecule has 110 valence electrons. The van der Waals surface area contributed by atoms with Gasteiger partial charge in [-0.1, -0.05) is 43.2 Å². The highest BCUT2D eigenvalue weighted by atomic mass is 16.3. The van der Waals surface area contributed by atoms with E-state index in [4.69, 9.17) is 0 Å². The van der Waals surface area contributed by atoms with Crippen LogP contribution in [-0.2, 0) is 4.79 Å². The van der Waals surface area contributed by atoms with Gasteiger partial charge in [0.25, 0.3) is 0 Å². The zero-order valence-electron chi connectivity index (χ0n) is 12.0. The van der Waals surface area contributed by atoms with E-state index in [-0.39, 0.29) is 24.6 Å². The second-order valence-corrected chi connectivity index (χ2v) is 5.52. The van der Waals surface area contributed by atoms with Crippen LogP contribution in [0.4, 0.5) is 0 Å². The molecule has 20 heavy (non-hydrogen) atoms. The molecule has 1 fully saturated rings. The number of aliphatic hydroxyl groups excluding tert-OH is 1. The zero-order chi connectivity index (χ0) is 14.4. The van der Waals surface area contributed by atoms with E-state index in [0.29, 0.717) is 6.04 Å². The van der Waals surface area contributed by atoms with Crippen LogP contribution in [0.15, 0.2) is 30.3 Å². The van der Waals surface area contributed by atoms with E-state index in [1.807, 2.05) is 37.3 Å². The summed E-state index contributed by atoms with van der Waals surface area (Å²) in [5.41, 5.74) is 0.996. The monoisotopic (exact) mass is 276 g/mol. The molecule has 4 nitrogen and oxygen atoms in total. The Morgan fingerprint density at radius 1 is 1.30 bits per heavy atom. The molecule has 3 N–H and O–H groups in total. The van der Waals surface area contributed by atoms with Crippen molar-refractivity contribution >= 4 is 5.91 Å². The van der Waals surface area contributed by atoms with Crippen LogP contribution in [0.1, 0.15) is 44.2 Å². The molecule has 2 atom stereocenters. The van der Waals surface area contributed by atoms with E-state index in [1.54, 1.807) is 0 Å². The van der Waals surface area contributed by atoms with Gasteiger partial charge in [-0.2, -0.15) is 0 Å². The van der Waals surface area contributed by atoms with Crippen molar-refractivity contribution in [2.75, 3.05) is 6.61 Å². The summed E-state index contributed by atoms with van der Waals surface area (Å²) in [5.74, 6) is 0.0197. The minimum Gasteiger partial charge on any atom is -0.394 e. The van der Waals surface area contributed by atoms with Gasteiger partial charge in [0, 0.05) is 6.04 Å². The Kier molecular flexibility index (Phi) is 5.56. The zero-order valence-corrected chi connectivity index (χ0v) is 12.0. The fourth-order valence-corrected chi connectivity index (χ4v) is 2.71. The Balaban J connectivity index is 1.88. The number of amides is 1. The van der Waals surface area contributed by atoms with Gasteiger partial charge in [0.1, 0.15) is 0 Å². The van der Waals surface area contributed by atoms with E-state index >= 15 is 0 Å². The predicted octanol–water partition coefficient (Wildman–Crippen LogP) is 1.76. The first-order valence-electron chi connectivity index (χ1n) is 7.43. The van der Waals surface area contributed by atoms with Crippen molar-refractivity contribution < 1.29 is 9.90 Å². The smallest absolute Gasteiger partial charge is 0.237 e. The summed E-state index contributed by atoms with van der Waals surface area (Å²) in [6.45, 7) is 1.82. The molecule has 1 amide bonds. The molecule has 1 aliphatic carbocycles. The van der Waals surface area contributed by atoms with Crippen LogP contribution in [0.2, 0.25) is 0 Å². The minimum absolute atomic E-state index is 0.0197. The maximum atomic E-state index is 12.1. The maximum absolute atomic E-state index is 12.1. The second-order valence-electron chi connectivity index (χ2n) is 5.52. The first-order valence-corrected chi connectivity index (χ1v) is 7.43. The molecule has 1 aromatic carbocycles. The Hall–Kier alpha value is -1.39. The molecule has 0 saturated heterocycles. The molecular weight excluding hydrogens is 252 g/mol. The Morgan fingerprint density at radius 2 is 1.95 bits per heavy atom. The molecule has 1 aliphatic rings. The molecule has 4 heteroatoms. The van der Waals surface area contributed by atoms with Crippen LogP contribution in [-0.4, -0.2) is 29.7 Å². The first-order chi connectivity index (χ1) is 9.70. The molecule has 0 heterocycles. The summed E-state index contributed by atoms with van der Waals surface area (Å²) in [6, 6.07) is 9.52. The lowest BCUT2D eigenvalue weighted by molar-refractivity contribution is -0.123. The van der Waals surface area contributed by atoms with Crippen LogP contribution in [0.5, 0.6) is 0 Å². The summed E-state index contributed by atoms with van der Waals surface area (Å²) >= 11 is 0. The number of benzene rings is 1. The van der Waals surface area contributed by atoms with Gasteiger partial charge in [-0.15, -0.1) is 0 Å². The minimum atomic E-state index is -0.312. The number of aliphatic hydroxyl groups is 1. The van der Waals surface area contributed by atoms with Crippen molar-refractivity contribution in [2.24, 2.45) is 0 Å². The average molecular weight is 276 g/mol. The number of rotatable bonds is 6. The third kappa shape index (κ3) is 4.05. The van der Waals surface area contributed by atoms with Crippen molar-refractivity contribution in [1.29, 1.82) is 0 Å². The van der Waals surface area contributed by atoms with Gasteiger partial charge in [-0.25, -0.2) is 0 Å². The number of carbonyl (C=O) groups is 1. The maximum Gasteiger partial charge on any atom is 0.237 e. The van der Waals surface area contributed by atoms with Gasteiger partial charge in [0.2, 0.25) is 5.91 Å². The molecule has 0 aromatic heterocycles. The van der Waals surface area contributed by atoms with Crippen LogP contribution < -0.4 is 10.6 Å². The van der Waals surface area contributed by atoms with Gasteiger partial charge in [-0.3, -0.25) is 10.1 Å². The van der Waals surface area contributed by atoms with Crippen molar-refractivity contribution in [3.8, 4) is 0 Å². The normalized spacial score (nSPS) is 18.7. The molecule has 0 radical (unpaired) electrons. The largest absolute Gasteiger partial charge is 0.394 e. The fourth-order valence-electron chi connectivity index (χ4n) is 2.71. The topological polar surface area (TPSA) is 61.4 Å². The van der Waals surface area contributed by atoms with E-state index in [0.717, 1.165) is 18.4 Å². The lowest BCUT2D eigenvalue weighted by Crippen LogP contribution is -2.47. The Morgan fingerprint density at radius 3 is 2.55 bits per heavy atom. The number of hydrogen-bond acceptors (Lipinski definition) is 3. The molecule has 0 spiro atoms. The summed E-state index contributed by atoms with van der Waals surface area (Å²) in [5, 5.41) is 15.8. The van der Waals surface area contributed by atoms with Crippen molar-refractivity contribution in [2.45, 2.75) is 50.7 Å². The third-order valence-corrected chi connectivity index (χ3v) is 3.93. The van der Waals surface area contributed by atoms with Gasteiger partial charge in [-0.05, 0) is 25.3 Å². The Labute approximate surface area is 120 Å². The van der Waals surface area contributed by atoms with E-state index < -0.39 is 0 Å². The summed E-state index contributed by atoms with van der Waals surface area (Å²) in [7, 11) is 0. The van der Waals surface area contributed by atoms with Crippen LogP contribution in [0.3, 0.4) is 0 Å². The number of carbonyl (C=O) groups excluding carboxylic acids is 1. The molecule has 0 bridgehead atoms. The number of nitrogens with one attached hydrogen (secondary N) is 2. The van der Waals surface area contributed by atoms with E-state index in [1.165, 1.54) is 12.8 Å². The van der Waals surface area contributed by atoms with Crippen molar-refractivity contribution in [1.82, 2.24) is 10.6 Å². The number of hydrogen-bond donors (Lipinski definition) is 3. The van der Waals surface area contributed by atoms with Gasteiger partial charge >= 0.3 is 0 Å². The van der Waals surface area contributed by atoms with E-state index in [2.05, 4.69) is 10.6 Å². The van der Waals surface area contributed by atoms with Crippen LogP contribution in [0.25, 0.3) is 0 Å².